The Labute approximate surface area is 145 Å². The van der Waals surface area contributed by atoms with Gasteiger partial charge >= 0.3 is 0 Å². The number of rotatable bonds is 3. The molecule has 0 aromatic heterocycles. The molecule has 2 fully saturated rings. The van der Waals surface area contributed by atoms with E-state index in [0.29, 0.717) is 24.5 Å². The molecule has 3 aliphatic carbocycles. The molecule has 0 amide bonds. The second-order valence-electron chi connectivity index (χ2n) is 8.52. The number of aliphatic hydroxyl groups excluding tert-OH is 1. The van der Waals surface area contributed by atoms with Gasteiger partial charge in [-0.3, -0.25) is 0 Å². The third kappa shape index (κ3) is 2.40. The summed E-state index contributed by atoms with van der Waals surface area (Å²) in [6, 6.07) is 6.61. The van der Waals surface area contributed by atoms with Crippen LogP contribution in [0.15, 0.2) is 18.2 Å². The summed E-state index contributed by atoms with van der Waals surface area (Å²) in [7, 11) is 1.65. The first-order valence-electron chi connectivity index (χ1n) is 9.47. The molecule has 2 saturated carbocycles. The molecule has 1 aromatic rings. The standard InChI is InChI=1S/C21H30O3/c1-13-10-14-11-15(24-12-23-3)4-5-16(14)17-8-9-21(2)18(20(13)17)6-7-19(21)22/h4-5,11,13,17-20,22H,6-10,12H2,1-3H3/t13-,17?,18?,19+,20?,21+/m1/s1. The molecule has 4 rings (SSSR count). The molecule has 3 nitrogen and oxygen atoms in total. The van der Waals surface area contributed by atoms with Crippen LogP contribution in [0.4, 0.5) is 0 Å². The number of methoxy groups -OCH3 is 1. The molecule has 0 spiro atoms. The Morgan fingerprint density at radius 2 is 2.08 bits per heavy atom. The van der Waals surface area contributed by atoms with E-state index >= 15 is 0 Å². The number of ether oxygens (including phenoxy) is 2. The fourth-order valence-corrected chi connectivity index (χ4v) is 6.14. The second-order valence-corrected chi connectivity index (χ2v) is 8.52. The zero-order valence-electron chi connectivity index (χ0n) is 15.1. The summed E-state index contributed by atoms with van der Waals surface area (Å²) in [6.45, 7) is 5.06. The van der Waals surface area contributed by atoms with Gasteiger partial charge in [0, 0.05) is 7.11 Å². The Hall–Kier alpha value is -1.06. The average molecular weight is 330 g/mol. The third-order valence-corrected chi connectivity index (χ3v) is 7.34. The van der Waals surface area contributed by atoms with Crippen LogP contribution >= 0.6 is 0 Å². The maximum Gasteiger partial charge on any atom is 0.188 e. The summed E-state index contributed by atoms with van der Waals surface area (Å²) in [5.41, 5.74) is 3.14. The lowest BCUT2D eigenvalue weighted by Crippen LogP contribution is -2.46. The van der Waals surface area contributed by atoms with Crippen LogP contribution in [0.3, 0.4) is 0 Å². The van der Waals surface area contributed by atoms with Crippen molar-refractivity contribution in [3.05, 3.63) is 29.3 Å². The predicted molar refractivity (Wildman–Crippen MR) is 94.1 cm³/mol. The normalized spacial score (nSPS) is 40.6. The van der Waals surface area contributed by atoms with Crippen molar-refractivity contribution in [2.45, 2.75) is 58.0 Å². The smallest absolute Gasteiger partial charge is 0.188 e. The molecule has 3 aliphatic rings. The van der Waals surface area contributed by atoms with Crippen LogP contribution in [0.1, 0.15) is 56.6 Å². The van der Waals surface area contributed by atoms with E-state index in [1.165, 1.54) is 24.0 Å². The Bertz CT molecular complexity index is 613. The molecule has 1 N–H and O–H groups in total. The summed E-state index contributed by atoms with van der Waals surface area (Å²) in [5, 5.41) is 10.5. The van der Waals surface area contributed by atoms with Crippen molar-refractivity contribution < 1.29 is 14.6 Å². The molecule has 132 valence electrons. The van der Waals surface area contributed by atoms with E-state index in [1.807, 2.05) is 0 Å². The number of hydrogen-bond donors (Lipinski definition) is 1. The maximum absolute atomic E-state index is 10.5. The van der Waals surface area contributed by atoms with Gasteiger partial charge < -0.3 is 14.6 Å². The highest BCUT2D eigenvalue weighted by Gasteiger charge is 2.55. The zero-order chi connectivity index (χ0) is 16.9. The lowest BCUT2D eigenvalue weighted by atomic mass is 9.53. The van der Waals surface area contributed by atoms with Gasteiger partial charge in [-0.15, -0.1) is 0 Å². The first-order chi connectivity index (χ1) is 11.5. The lowest BCUT2D eigenvalue weighted by Gasteiger charge is -2.52. The van der Waals surface area contributed by atoms with Crippen LogP contribution < -0.4 is 4.74 Å². The van der Waals surface area contributed by atoms with Crippen LogP contribution in [0, 0.1) is 23.2 Å². The van der Waals surface area contributed by atoms with Crippen molar-refractivity contribution in [3.8, 4) is 5.75 Å². The van der Waals surface area contributed by atoms with E-state index in [2.05, 4.69) is 32.0 Å². The SMILES string of the molecule is COCOc1ccc2c(c1)C[C@@H](C)C1C2CC[C@@]2(C)C1CC[C@@H]2O. The van der Waals surface area contributed by atoms with Crippen molar-refractivity contribution in [1.29, 1.82) is 0 Å². The van der Waals surface area contributed by atoms with Gasteiger partial charge in [-0.05, 0) is 84.5 Å². The van der Waals surface area contributed by atoms with Crippen molar-refractivity contribution >= 4 is 0 Å². The molecule has 3 unspecified atom stereocenters. The monoisotopic (exact) mass is 330 g/mol. The van der Waals surface area contributed by atoms with Gasteiger partial charge in [0.25, 0.3) is 0 Å². The molecule has 0 saturated heterocycles. The van der Waals surface area contributed by atoms with Crippen molar-refractivity contribution in [1.82, 2.24) is 0 Å². The predicted octanol–water partition coefficient (Wildman–Crippen LogP) is 4.13. The highest BCUT2D eigenvalue weighted by atomic mass is 16.7. The number of hydrogen-bond acceptors (Lipinski definition) is 3. The molecule has 6 atom stereocenters. The summed E-state index contributed by atoms with van der Waals surface area (Å²) >= 11 is 0. The minimum absolute atomic E-state index is 0.0955. The van der Waals surface area contributed by atoms with Crippen LogP contribution in [0.25, 0.3) is 0 Å². The molecule has 3 heteroatoms. The van der Waals surface area contributed by atoms with Gasteiger partial charge in [-0.1, -0.05) is 19.9 Å². The highest BCUT2D eigenvalue weighted by Crippen LogP contribution is 2.62. The van der Waals surface area contributed by atoms with Gasteiger partial charge in [-0.25, -0.2) is 0 Å². The van der Waals surface area contributed by atoms with Gasteiger partial charge in [0.2, 0.25) is 0 Å². The van der Waals surface area contributed by atoms with Gasteiger partial charge in [0.15, 0.2) is 6.79 Å². The minimum Gasteiger partial charge on any atom is -0.468 e. The van der Waals surface area contributed by atoms with Crippen molar-refractivity contribution in [2.24, 2.45) is 23.2 Å². The van der Waals surface area contributed by atoms with E-state index in [-0.39, 0.29) is 11.5 Å². The van der Waals surface area contributed by atoms with Crippen LogP contribution in [-0.4, -0.2) is 25.1 Å². The quantitative estimate of drug-likeness (QED) is 0.847. The largest absolute Gasteiger partial charge is 0.468 e. The maximum atomic E-state index is 10.5. The van der Waals surface area contributed by atoms with E-state index < -0.39 is 0 Å². The Morgan fingerprint density at radius 1 is 1.25 bits per heavy atom. The number of benzene rings is 1. The summed E-state index contributed by atoms with van der Waals surface area (Å²) < 4.78 is 10.7. The number of aliphatic hydroxyl groups is 1. The van der Waals surface area contributed by atoms with E-state index in [0.717, 1.165) is 30.9 Å². The lowest BCUT2D eigenvalue weighted by molar-refractivity contribution is -0.0356. The molecular formula is C21H30O3. The molecular weight excluding hydrogens is 300 g/mol. The Balaban J connectivity index is 1.65. The Morgan fingerprint density at radius 3 is 2.88 bits per heavy atom. The van der Waals surface area contributed by atoms with E-state index in [4.69, 9.17) is 9.47 Å². The molecule has 0 heterocycles. The molecule has 0 bridgehead atoms. The van der Waals surface area contributed by atoms with E-state index in [1.54, 1.807) is 7.11 Å². The van der Waals surface area contributed by atoms with Crippen molar-refractivity contribution in [2.75, 3.05) is 13.9 Å². The summed E-state index contributed by atoms with van der Waals surface area (Å²) in [5.74, 6) is 3.65. The van der Waals surface area contributed by atoms with Gasteiger partial charge in [0.1, 0.15) is 5.75 Å². The molecule has 0 aliphatic heterocycles. The zero-order valence-corrected chi connectivity index (χ0v) is 15.1. The van der Waals surface area contributed by atoms with Gasteiger partial charge in [0.05, 0.1) is 6.10 Å². The van der Waals surface area contributed by atoms with Crippen LogP contribution in [0.5, 0.6) is 5.75 Å². The molecule has 1 aromatic carbocycles. The first kappa shape index (κ1) is 16.4. The highest BCUT2D eigenvalue weighted by molar-refractivity contribution is 5.41. The van der Waals surface area contributed by atoms with Gasteiger partial charge in [-0.2, -0.15) is 0 Å². The topological polar surface area (TPSA) is 38.7 Å². The van der Waals surface area contributed by atoms with Crippen LogP contribution in [0.2, 0.25) is 0 Å². The first-order valence-corrected chi connectivity index (χ1v) is 9.47. The summed E-state index contributed by atoms with van der Waals surface area (Å²) in [6.07, 6.45) is 5.60. The number of fused-ring (bicyclic) bond motifs is 5. The van der Waals surface area contributed by atoms with E-state index in [9.17, 15) is 5.11 Å². The second kappa shape index (κ2) is 6.03. The summed E-state index contributed by atoms with van der Waals surface area (Å²) in [4.78, 5) is 0. The fraction of sp³-hybridized carbons (Fsp3) is 0.714. The minimum atomic E-state index is -0.0955. The van der Waals surface area contributed by atoms with Crippen LogP contribution in [-0.2, 0) is 11.2 Å². The molecule has 0 radical (unpaired) electrons. The Kier molecular flexibility index (Phi) is 4.12. The molecule has 24 heavy (non-hydrogen) atoms. The average Bonchev–Trinajstić information content (AvgIpc) is 2.88. The fourth-order valence-electron chi connectivity index (χ4n) is 6.14. The third-order valence-electron chi connectivity index (χ3n) is 7.34. The van der Waals surface area contributed by atoms with Crippen molar-refractivity contribution in [3.63, 3.8) is 0 Å².